The minimum Gasteiger partial charge on any atom is -0.339 e. The quantitative estimate of drug-likeness (QED) is 0.825. The van der Waals surface area contributed by atoms with Gasteiger partial charge in [-0.1, -0.05) is 25.7 Å². The van der Waals surface area contributed by atoms with Crippen molar-refractivity contribution < 1.29 is 9.59 Å². The van der Waals surface area contributed by atoms with Crippen LogP contribution in [0.5, 0.6) is 0 Å². The summed E-state index contributed by atoms with van der Waals surface area (Å²) in [6.07, 6.45) is 10.2. The van der Waals surface area contributed by atoms with Gasteiger partial charge in [-0.3, -0.25) is 9.59 Å². The molecule has 0 spiro atoms. The summed E-state index contributed by atoms with van der Waals surface area (Å²) in [7, 11) is 0. The number of hydrogen-bond acceptors (Lipinski definition) is 3. The first-order valence-electron chi connectivity index (χ1n) is 9.95. The Kier molecular flexibility index (Phi) is 8.01. The summed E-state index contributed by atoms with van der Waals surface area (Å²) in [4.78, 5) is 29.2. The maximum atomic E-state index is 12.7. The minimum atomic E-state index is 0. The Morgan fingerprint density at radius 2 is 1.48 bits per heavy atom. The zero-order valence-electron chi connectivity index (χ0n) is 15.3. The van der Waals surface area contributed by atoms with Gasteiger partial charge in [-0.05, 0) is 44.1 Å². The molecule has 2 amide bonds. The standard InChI is InChI=1S/C19H33N3O2.ClH/c20-14-16-7-4-8-17(16)19(24)22-11-9-21(10-12-22)18(23)13-15-5-2-1-3-6-15;/h15-17H,1-14,20H2;1H/t16-,17-;/m1./s1. The van der Waals surface area contributed by atoms with Gasteiger partial charge in [0.2, 0.25) is 11.8 Å². The Morgan fingerprint density at radius 3 is 2.12 bits per heavy atom. The molecule has 25 heavy (non-hydrogen) atoms. The summed E-state index contributed by atoms with van der Waals surface area (Å²) in [5.74, 6) is 1.66. The molecule has 2 aliphatic carbocycles. The third-order valence-corrected chi connectivity index (χ3v) is 6.41. The van der Waals surface area contributed by atoms with Crippen LogP contribution in [0.25, 0.3) is 0 Å². The van der Waals surface area contributed by atoms with E-state index in [1.165, 1.54) is 32.1 Å². The molecule has 1 saturated heterocycles. The van der Waals surface area contributed by atoms with Crippen molar-refractivity contribution >= 4 is 24.2 Å². The summed E-state index contributed by atoms with van der Waals surface area (Å²) in [6.45, 7) is 3.43. The zero-order chi connectivity index (χ0) is 16.9. The number of rotatable bonds is 4. The molecule has 2 atom stereocenters. The fourth-order valence-electron chi connectivity index (χ4n) is 4.82. The van der Waals surface area contributed by atoms with E-state index in [-0.39, 0.29) is 24.2 Å². The van der Waals surface area contributed by atoms with Gasteiger partial charge in [-0.25, -0.2) is 0 Å². The van der Waals surface area contributed by atoms with Gasteiger partial charge < -0.3 is 15.5 Å². The minimum absolute atomic E-state index is 0. The highest BCUT2D eigenvalue weighted by Crippen LogP contribution is 2.32. The third kappa shape index (κ3) is 5.10. The van der Waals surface area contributed by atoms with Gasteiger partial charge in [0.25, 0.3) is 0 Å². The highest BCUT2D eigenvalue weighted by molar-refractivity contribution is 5.85. The second-order valence-corrected chi connectivity index (χ2v) is 7.95. The van der Waals surface area contributed by atoms with Crippen molar-refractivity contribution in [2.75, 3.05) is 32.7 Å². The molecule has 5 nitrogen and oxygen atoms in total. The second-order valence-electron chi connectivity index (χ2n) is 7.95. The Morgan fingerprint density at radius 1 is 0.840 bits per heavy atom. The molecule has 0 unspecified atom stereocenters. The first-order chi connectivity index (χ1) is 11.7. The monoisotopic (exact) mass is 371 g/mol. The fourth-order valence-corrected chi connectivity index (χ4v) is 4.82. The van der Waals surface area contributed by atoms with Crippen LogP contribution >= 0.6 is 12.4 Å². The average molecular weight is 372 g/mol. The van der Waals surface area contributed by atoms with E-state index < -0.39 is 0 Å². The van der Waals surface area contributed by atoms with Crippen LogP contribution in [0.2, 0.25) is 0 Å². The molecule has 144 valence electrons. The van der Waals surface area contributed by atoms with Crippen molar-refractivity contribution in [2.24, 2.45) is 23.5 Å². The van der Waals surface area contributed by atoms with Crippen molar-refractivity contribution in [2.45, 2.75) is 57.8 Å². The van der Waals surface area contributed by atoms with Gasteiger partial charge in [0.1, 0.15) is 0 Å². The van der Waals surface area contributed by atoms with Gasteiger partial charge in [0.05, 0.1) is 0 Å². The number of halogens is 1. The zero-order valence-corrected chi connectivity index (χ0v) is 16.1. The lowest BCUT2D eigenvalue weighted by Crippen LogP contribution is -2.52. The van der Waals surface area contributed by atoms with Gasteiger partial charge in [-0.2, -0.15) is 0 Å². The third-order valence-electron chi connectivity index (χ3n) is 6.41. The molecule has 1 heterocycles. The molecular formula is C19H34ClN3O2. The number of nitrogens with two attached hydrogens (primary N) is 1. The van der Waals surface area contributed by atoms with Crippen LogP contribution in [0, 0.1) is 17.8 Å². The van der Waals surface area contributed by atoms with Crippen LogP contribution in [0.3, 0.4) is 0 Å². The first kappa shape index (κ1) is 20.5. The molecular weight excluding hydrogens is 338 g/mol. The molecule has 2 N–H and O–H groups in total. The highest BCUT2D eigenvalue weighted by atomic mass is 35.5. The first-order valence-corrected chi connectivity index (χ1v) is 9.95. The SMILES string of the molecule is Cl.NC[C@H]1CCC[C@H]1C(=O)N1CCN(C(=O)CC2CCCCC2)CC1. The molecule has 3 fully saturated rings. The number of carbonyl (C=O) groups is 2. The number of hydrogen-bond donors (Lipinski definition) is 1. The Bertz CT molecular complexity index is 446. The van der Waals surface area contributed by atoms with E-state index in [0.29, 0.717) is 56.9 Å². The van der Waals surface area contributed by atoms with E-state index in [1.54, 1.807) is 0 Å². The maximum Gasteiger partial charge on any atom is 0.226 e. The molecule has 3 aliphatic rings. The van der Waals surface area contributed by atoms with Crippen LogP contribution in [0.15, 0.2) is 0 Å². The van der Waals surface area contributed by atoms with Crippen molar-refractivity contribution in [3.8, 4) is 0 Å². The van der Waals surface area contributed by atoms with Crippen LogP contribution in [-0.2, 0) is 9.59 Å². The van der Waals surface area contributed by atoms with Crippen LogP contribution in [-0.4, -0.2) is 54.3 Å². The predicted octanol–water partition coefficient (Wildman–Crippen LogP) is 2.42. The molecule has 0 aromatic heterocycles. The molecule has 0 aromatic rings. The molecule has 6 heteroatoms. The average Bonchev–Trinajstić information content (AvgIpc) is 3.11. The largest absolute Gasteiger partial charge is 0.339 e. The number of amides is 2. The van der Waals surface area contributed by atoms with E-state index in [9.17, 15) is 9.59 Å². The molecule has 0 bridgehead atoms. The molecule has 2 saturated carbocycles. The molecule has 0 radical (unpaired) electrons. The van der Waals surface area contributed by atoms with E-state index >= 15 is 0 Å². The molecule has 0 aromatic carbocycles. The van der Waals surface area contributed by atoms with Crippen LogP contribution < -0.4 is 5.73 Å². The number of carbonyl (C=O) groups excluding carboxylic acids is 2. The van der Waals surface area contributed by atoms with E-state index in [0.717, 1.165) is 19.3 Å². The normalized spacial score (nSPS) is 27.9. The van der Waals surface area contributed by atoms with Gasteiger partial charge >= 0.3 is 0 Å². The Hall–Kier alpha value is -0.810. The van der Waals surface area contributed by atoms with E-state index in [4.69, 9.17) is 5.73 Å². The summed E-state index contributed by atoms with van der Waals surface area (Å²) in [6, 6.07) is 0. The van der Waals surface area contributed by atoms with Crippen molar-refractivity contribution in [3.05, 3.63) is 0 Å². The summed E-state index contributed by atoms with van der Waals surface area (Å²) >= 11 is 0. The lowest BCUT2D eigenvalue weighted by Gasteiger charge is -2.37. The Labute approximate surface area is 158 Å². The second kappa shape index (κ2) is 9.77. The van der Waals surface area contributed by atoms with Gasteiger partial charge in [0.15, 0.2) is 0 Å². The van der Waals surface area contributed by atoms with Gasteiger partial charge in [0, 0.05) is 38.5 Å². The maximum absolute atomic E-state index is 12.7. The predicted molar refractivity (Wildman–Crippen MR) is 101 cm³/mol. The van der Waals surface area contributed by atoms with Gasteiger partial charge in [-0.15, -0.1) is 12.4 Å². The molecule has 3 rings (SSSR count). The molecule has 1 aliphatic heterocycles. The number of piperazine rings is 1. The lowest BCUT2D eigenvalue weighted by molar-refractivity contribution is -0.143. The van der Waals surface area contributed by atoms with Crippen molar-refractivity contribution in [1.82, 2.24) is 9.80 Å². The van der Waals surface area contributed by atoms with Crippen molar-refractivity contribution in [3.63, 3.8) is 0 Å². The summed E-state index contributed by atoms with van der Waals surface area (Å²) in [5.41, 5.74) is 5.82. The lowest BCUT2D eigenvalue weighted by atomic mass is 9.86. The van der Waals surface area contributed by atoms with Crippen LogP contribution in [0.4, 0.5) is 0 Å². The van der Waals surface area contributed by atoms with E-state index in [1.807, 2.05) is 9.80 Å². The fraction of sp³-hybridized carbons (Fsp3) is 0.895. The summed E-state index contributed by atoms with van der Waals surface area (Å²) in [5, 5.41) is 0. The van der Waals surface area contributed by atoms with E-state index in [2.05, 4.69) is 0 Å². The summed E-state index contributed by atoms with van der Waals surface area (Å²) < 4.78 is 0. The van der Waals surface area contributed by atoms with Crippen molar-refractivity contribution in [1.29, 1.82) is 0 Å². The number of nitrogens with zero attached hydrogens (tertiary/aromatic N) is 2. The smallest absolute Gasteiger partial charge is 0.226 e. The highest BCUT2D eigenvalue weighted by Gasteiger charge is 2.36. The Balaban J connectivity index is 0.00000225. The topological polar surface area (TPSA) is 66.6 Å². The van der Waals surface area contributed by atoms with Crippen LogP contribution in [0.1, 0.15) is 57.8 Å².